The van der Waals surface area contributed by atoms with Crippen molar-refractivity contribution >= 4 is 127 Å². The average molecular weight is 777 g/mol. The molecule has 59 heavy (non-hydrogen) atoms. The van der Waals surface area contributed by atoms with Gasteiger partial charge in [-0.2, -0.15) is 0 Å². The lowest BCUT2D eigenvalue weighted by atomic mass is 9.58. The fourth-order valence-corrected chi connectivity index (χ4v) is 11.1. The van der Waals surface area contributed by atoms with Crippen molar-refractivity contribution in [3.63, 3.8) is 0 Å². The molecule has 1 aliphatic heterocycles. The van der Waals surface area contributed by atoms with Crippen molar-refractivity contribution in [3.05, 3.63) is 151 Å². The van der Waals surface area contributed by atoms with Gasteiger partial charge in [-0.3, -0.25) is 0 Å². The topological polar surface area (TPSA) is 43.2 Å². The van der Waals surface area contributed by atoms with E-state index in [1.165, 1.54) is 80.8 Å². The van der Waals surface area contributed by atoms with E-state index in [1.807, 2.05) is 17.4 Å². The Bertz CT molecular complexity index is 3780. The Morgan fingerprint density at radius 2 is 1.25 bits per heavy atom. The molecule has 280 valence electrons. The Morgan fingerprint density at radius 1 is 0.576 bits per heavy atom. The highest BCUT2D eigenvalue weighted by Gasteiger charge is 2.30. The van der Waals surface area contributed by atoms with Gasteiger partial charge in [0.2, 0.25) is 0 Å². The molecule has 13 rings (SSSR count). The largest absolute Gasteiger partial charge is 0.456 e. The number of aromatic nitrogens is 1. The highest BCUT2D eigenvalue weighted by molar-refractivity contribution is 7.25. The number of thiophene rings is 1. The number of hydrogen-bond donors (Lipinski definition) is 1. The molecule has 4 nitrogen and oxygen atoms in total. The normalized spacial score (nSPS) is 12.9. The van der Waals surface area contributed by atoms with Crippen LogP contribution in [-0.4, -0.2) is 11.8 Å². The molecule has 12 aromatic rings. The summed E-state index contributed by atoms with van der Waals surface area (Å²) >= 11 is 1.86. The second-order valence-corrected chi connectivity index (χ2v) is 18.5. The number of nitrogens with one attached hydrogen (secondary N) is 1. The van der Waals surface area contributed by atoms with E-state index in [4.69, 9.17) is 8.83 Å². The first-order valence-corrected chi connectivity index (χ1v) is 21.3. The average Bonchev–Trinajstić information content (AvgIpc) is 3.99. The highest BCUT2D eigenvalue weighted by Crippen LogP contribution is 2.45. The van der Waals surface area contributed by atoms with Gasteiger partial charge in [0.1, 0.15) is 22.3 Å². The quantitative estimate of drug-likeness (QED) is 0.182. The molecule has 6 heteroatoms. The predicted octanol–water partition coefficient (Wildman–Crippen LogP) is 13.7. The van der Waals surface area contributed by atoms with Crippen molar-refractivity contribution < 1.29 is 8.83 Å². The maximum Gasteiger partial charge on any atom is 0.198 e. The first kappa shape index (κ1) is 33.2. The van der Waals surface area contributed by atoms with Crippen LogP contribution >= 0.6 is 11.3 Å². The fourth-order valence-electron chi connectivity index (χ4n) is 10.0. The highest BCUT2D eigenvalue weighted by atomic mass is 32.1. The lowest BCUT2D eigenvalue weighted by Crippen LogP contribution is -2.37. The third kappa shape index (κ3) is 4.72. The molecular weight excluding hydrogens is 739 g/mol. The van der Waals surface area contributed by atoms with Crippen LogP contribution in [0.25, 0.3) is 103 Å². The van der Waals surface area contributed by atoms with Gasteiger partial charge < -0.3 is 18.7 Å². The van der Waals surface area contributed by atoms with Crippen LogP contribution in [0.15, 0.2) is 148 Å². The molecule has 0 bridgehead atoms. The lowest BCUT2D eigenvalue weighted by molar-refractivity contribution is 0.590. The van der Waals surface area contributed by atoms with Gasteiger partial charge >= 0.3 is 0 Å². The van der Waals surface area contributed by atoms with Gasteiger partial charge in [-0.05, 0) is 89.1 Å². The van der Waals surface area contributed by atoms with Crippen LogP contribution in [0.3, 0.4) is 0 Å². The molecule has 0 saturated heterocycles. The zero-order chi connectivity index (χ0) is 39.3. The zero-order valence-electron chi connectivity index (χ0n) is 33.2. The number of aryl methyl sites for hydroxylation is 1. The summed E-state index contributed by atoms with van der Waals surface area (Å²) in [6.07, 6.45) is 0. The smallest absolute Gasteiger partial charge is 0.198 e. The first-order valence-electron chi connectivity index (χ1n) is 20.4. The number of fused-ring (bicyclic) bond motifs is 14. The van der Waals surface area contributed by atoms with Crippen LogP contribution in [0.2, 0.25) is 0 Å². The summed E-state index contributed by atoms with van der Waals surface area (Å²) in [4.78, 5) is 0. The minimum Gasteiger partial charge on any atom is -0.456 e. The molecule has 8 aromatic carbocycles. The molecule has 5 heterocycles. The summed E-state index contributed by atoms with van der Waals surface area (Å²) in [5.41, 5.74) is 17.1. The molecule has 0 amide bonds. The van der Waals surface area contributed by atoms with Crippen LogP contribution in [0.5, 0.6) is 0 Å². The summed E-state index contributed by atoms with van der Waals surface area (Å²) < 4.78 is 18.2. The van der Waals surface area contributed by atoms with Crippen molar-refractivity contribution in [2.45, 2.75) is 33.1 Å². The summed E-state index contributed by atoms with van der Waals surface area (Å²) in [5.74, 6) is 0. The number of para-hydroxylation sites is 2. The van der Waals surface area contributed by atoms with Crippen LogP contribution in [0, 0.1) is 6.92 Å². The Hall–Kier alpha value is -6.76. The van der Waals surface area contributed by atoms with Crippen LogP contribution in [0.1, 0.15) is 31.9 Å². The fraction of sp³-hybridized carbons (Fsp3) is 0.0943. The van der Waals surface area contributed by atoms with Gasteiger partial charge in [0, 0.05) is 86.7 Å². The van der Waals surface area contributed by atoms with E-state index in [2.05, 4.69) is 171 Å². The summed E-state index contributed by atoms with van der Waals surface area (Å²) in [6.45, 7) is 9.09. The summed E-state index contributed by atoms with van der Waals surface area (Å²) in [7, 11) is 0.786. The first-order chi connectivity index (χ1) is 28.7. The van der Waals surface area contributed by atoms with Gasteiger partial charge in [0.15, 0.2) is 7.28 Å². The standard InChI is InChI=1S/C53H37BN2O2S/c1-28-21-38(34-22-37-33-13-7-10-16-48(33)59-49(37)26-41(34)55-30-19-17-29(18-20-30)53(2,3)4)51-52-50(28)39-25-46-36(32-12-6-9-15-45(32)57-46)24-42(39)56(52)43-27-47-35(23-40(43)54-51)31-11-5-8-14-44(31)58-47/h5-27,54-55H,1-4H3. The van der Waals surface area contributed by atoms with Crippen molar-refractivity contribution in [2.24, 2.45) is 0 Å². The van der Waals surface area contributed by atoms with E-state index in [9.17, 15) is 0 Å². The van der Waals surface area contributed by atoms with Gasteiger partial charge in [-0.1, -0.05) is 105 Å². The number of benzene rings is 8. The second-order valence-electron chi connectivity index (χ2n) is 17.4. The minimum absolute atomic E-state index is 0.0774. The molecule has 0 unspecified atom stereocenters. The second kappa shape index (κ2) is 11.7. The van der Waals surface area contributed by atoms with Crippen LogP contribution in [-0.2, 0) is 5.41 Å². The van der Waals surface area contributed by atoms with Crippen LogP contribution < -0.4 is 16.2 Å². The van der Waals surface area contributed by atoms with Crippen molar-refractivity contribution in [1.82, 2.24) is 4.57 Å². The van der Waals surface area contributed by atoms with Crippen molar-refractivity contribution in [1.29, 1.82) is 0 Å². The van der Waals surface area contributed by atoms with Crippen molar-refractivity contribution in [2.75, 3.05) is 5.32 Å². The van der Waals surface area contributed by atoms with Gasteiger partial charge in [0.05, 0.1) is 5.52 Å². The van der Waals surface area contributed by atoms with Crippen molar-refractivity contribution in [3.8, 4) is 16.8 Å². The molecular formula is C53H37BN2O2S. The Kier molecular flexibility index (Phi) is 6.58. The van der Waals surface area contributed by atoms with E-state index in [-0.39, 0.29) is 5.41 Å². The maximum absolute atomic E-state index is 6.55. The van der Waals surface area contributed by atoms with Gasteiger partial charge in [-0.15, -0.1) is 11.3 Å². The maximum atomic E-state index is 6.55. The molecule has 0 atom stereocenters. The number of hydrogen-bond acceptors (Lipinski definition) is 4. The molecule has 0 saturated carbocycles. The SMILES string of the molecule is Cc1cc(-c2cc3c(cc2Nc2ccc(C(C)(C)C)cc2)sc2ccccc23)c2c3c1c1cc4oc5ccccc5c4cc1n3-c1cc3oc4ccccc4c3cc1B2. The molecule has 1 aliphatic rings. The number of rotatable bonds is 3. The van der Waals surface area contributed by atoms with E-state index in [0.717, 1.165) is 62.5 Å². The molecule has 1 N–H and O–H groups in total. The van der Waals surface area contributed by atoms with E-state index in [1.54, 1.807) is 0 Å². The third-order valence-corrected chi connectivity index (χ3v) is 14.0. The summed E-state index contributed by atoms with van der Waals surface area (Å²) in [6, 6.07) is 51.2. The van der Waals surface area contributed by atoms with Gasteiger partial charge in [-0.25, -0.2) is 0 Å². The van der Waals surface area contributed by atoms with E-state index in [0.29, 0.717) is 0 Å². The number of furan rings is 2. The third-order valence-electron chi connectivity index (χ3n) is 12.9. The molecule has 0 fully saturated rings. The van der Waals surface area contributed by atoms with Gasteiger partial charge in [0.25, 0.3) is 0 Å². The Labute approximate surface area is 344 Å². The summed E-state index contributed by atoms with van der Waals surface area (Å²) in [5, 5.41) is 13.5. The van der Waals surface area contributed by atoms with E-state index >= 15 is 0 Å². The molecule has 0 aliphatic carbocycles. The van der Waals surface area contributed by atoms with E-state index < -0.39 is 0 Å². The number of anilines is 2. The Morgan fingerprint density at radius 3 is 2.00 bits per heavy atom. The van der Waals surface area contributed by atoms with Crippen LogP contribution in [0.4, 0.5) is 11.4 Å². The number of nitrogens with zero attached hydrogens (tertiary/aromatic N) is 1. The predicted molar refractivity (Wildman–Crippen MR) is 253 cm³/mol. The molecule has 4 aromatic heterocycles. The Balaban J connectivity index is 1.13. The lowest BCUT2D eigenvalue weighted by Gasteiger charge is -2.25. The monoisotopic (exact) mass is 776 g/mol. The molecule has 0 spiro atoms. The zero-order valence-corrected chi connectivity index (χ0v) is 34.0. The molecule has 0 radical (unpaired) electrons. The minimum atomic E-state index is 0.0774.